The molecule has 1 rings (SSSR count). The summed E-state index contributed by atoms with van der Waals surface area (Å²) in [6.45, 7) is 0.545. The van der Waals surface area contributed by atoms with Gasteiger partial charge in [-0.15, -0.1) is 0 Å². The molecule has 1 saturated heterocycles. The van der Waals surface area contributed by atoms with E-state index >= 15 is 0 Å². The molecule has 2 N–H and O–H groups in total. The standard InChI is InChI=1S/C5H10O4/c6-5(7)4-2-1-3-8-9-4/h4-7H,1-3H2. The molecule has 1 heterocycles. The fraction of sp³-hybridized carbons (Fsp3) is 1.00. The third-order valence-electron chi connectivity index (χ3n) is 1.24. The number of aliphatic hydroxyl groups is 2. The van der Waals surface area contributed by atoms with Crippen molar-refractivity contribution in [2.24, 2.45) is 0 Å². The lowest BCUT2D eigenvalue weighted by Crippen LogP contribution is -2.32. The molecule has 4 nitrogen and oxygen atoms in total. The Morgan fingerprint density at radius 1 is 1.44 bits per heavy atom. The molecular weight excluding hydrogens is 124 g/mol. The average Bonchev–Trinajstić information content (AvgIpc) is 1.90. The summed E-state index contributed by atoms with van der Waals surface area (Å²) >= 11 is 0. The number of hydrogen-bond acceptors (Lipinski definition) is 4. The molecule has 0 aromatic heterocycles. The van der Waals surface area contributed by atoms with Crippen LogP contribution >= 0.6 is 0 Å². The average molecular weight is 134 g/mol. The lowest BCUT2D eigenvalue weighted by atomic mass is 10.2. The molecule has 1 aliphatic heterocycles. The van der Waals surface area contributed by atoms with E-state index in [1.807, 2.05) is 0 Å². The van der Waals surface area contributed by atoms with E-state index in [0.29, 0.717) is 13.0 Å². The van der Waals surface area contributed by atoms with Crippen LogP contribution in [0.1, 0.15) is 12.8 Å². The maximum Gasteiger partial charge on any atom is 0.181 e. The van der Waals surface area contributed by atoms with Crippen molar-refractivity contribution in [2.75, 3.05) is 6.61 Å². The third-order valence-corrected chi connectivity index (χ3v) is 1.24. The molecule has 0 radical (unpaired) electrons. The minimum absolute atomic E-state index is 0.545. The molecule has 1 atom stereocenters. The van der Waals surface area contributed by atoms with Gasteiger partial charge in [-0.2, -0.15) is 0 Å². The highest BCUT2D eigenvalue weighted by molar-refractivity contribution is 4.59. The second kappa shape index (κ2) is 3.12. The van der Waals surface area contributed by atoms with Crippen molar-refractivity contribution in [3.63, 3.8) is 0 Å². The third kappa shape index (κ3) is 1.91. The second-order valence-electron chi connectivity index (χ2n) is 2.01. The number of aliphatic hydroxyl groups excluding tert-OH is 1. The van der Waals surface area contributed by atoms with Gasteiger partial charge >= 0.3 is 0 Å². The van der Waals surface area contributed by atoms with Gasteiger partial charge in [0.05, 0.1) is 6.61 Å². The molecule has 1 aliphatic rings. The zero-order chi connectivity index (χ0) is 6.69. The van der Waals surface area contributed by atoms with Crippen LogP contribution in [0, 0.1) is 0 Å². The summed E-state index contributed by atoms with van der Waals surface area (Å²) in [5.41, 5.74) is 0. The van der Waals surface area contributed by atoms with E-state index in [2.05, 4.69) is 9.78 Å². The molecule has 1 unspecified atom stereocenters. The SMILES string of the molecule is OC(O)C1CCCOO1. The van der Waals surface area contributed by atoms with Crippen LogP contribution in [-0.2, 0) is 9.78 Å². The van der Waals surface area contributed by atoms with Crippen molar-refractivity contribution in [2.45, 2.75) is 25.2 Å². The van der Waals surface area contributed by atoms with Gasteiger partial charge < -0.3 is 10.2 Å². The molecule has 0 spiro atoms. The van der Waals surface area contributed by atoms with Crippen molar-refractivity contribution in [3.8, 4) is 0 Å². The van der Waals surface area contributed by atoms with Crippen LogP contribution in [0.4, 0.5) is 0 Å². The van der Waals surface area contributed by atoms with Gasteiger partial charge in [-0.3, -0.25) is 0 Å². The number of rotatable bonds is 1. The Bertz CT molecular complexity index is 77.0. The predicted molar refractivity (Wildman–Crippen MR) is 28.3 cm³/mol. The molecule has 0 saturated carbocycles. The molecule has 0 bridgehead atoms. The molecule has 54 valence electrons. The lowest BCUT2D eigenvalue weighted by Gasteiger charge is -2.21. The highest BCUT2D eigenvalue weighted by Crippen LogP contribution is 2.11. The fourth-order valence-corrected chi connectivity index (χ4v) is 0.726. The van der Waals surface area contributed by atoms with Crippen molar-refractivity contribution in [3.05, 3.63) is 0 Å². The molecule has 1 fully saturated rings. The first kappa shape index (κ1) is 6.95. The van der Waals surface area contributed by atoms with Gasteiger partial charge in [0.1, 0.15) is 6.10 Å². The van der Waals surface area contributed by atoms with Crippen molar-refractivity contribution < 1.29 is 20.0 Å². The van der Waals surface area contributed by atoms with E-state index in [1.165, 1.54) is 0 Å². The van der Waals surface area contributed by atoms with Crippen molar-refractivity contribution in [1.29, 1.82) is 0 Å². The van der Waals surface area contributed by atoms with E-state index in [-0.39, 0.29) is 0 Å². The largest absolute Gasteiger partial charge is 0.366 e. The summed E-state index contributed by atoms with van der Waals surface area (Å²) in [6.07, 6.45) is -0.496. The Labute approximate surface area is 52.9 Å². The minimum atomic E-state index is -1.41. The smallest absolute Gasteiger partial charge is 0.181 e. The van der Waals surface area contributed by atoms with Crippen LogP contribution < -0.4 is 0 Å². The van der Waals surface area contributed by atoms with Gasteiger partial charge in [0, 0.05) is 0 Å². The minimum Gasteiger partial charge on any atom is -0.366 e. The van der Waals surface area contributed by atoms with E-state index in [9.17, 15) is 0 Å². The predicted octanol–water partition coefficient (Wildman–Crippen LogP) is -0.592. The van der Waals surface area contributed by atoms with E-state index in [0.717, 1.165) is 6.42 Å². The van der Waals surface area contributed by atoms with Crippen molar-refractivity contribution in [1.82, 2.24) is 0 Å². The lowest BCUT2D eigenvalue weighted by molar-refractivity contribution is -0.374. The van der Waals surface area contributed by atoms with Crippen LogP contribution in [0.25, 0.3) is 0 Å². The Balaban J connectivity index is 2.23. The van der Waals surface area contributed by atoms with E-state index in [4.69, 9.17) is 10.2 Å². The highest BCUT2D eigenvalue weighted by atomic mass is 17.2. The summed E-state index contributed by atoms with van der Waals surface area (Å²) in [4.78, 5) is 9.06. The van der Waals surface area contributed by atoms with Crippen molar-refractivity contribution >= 4 is 0 Å². The fourth-order valence-electron chi connectivity index (χ4n) is 0.726. The molecule has 0 aromatic rings. The van der Waals surface area contributed by atoms with E-state index in [1.54, 1.807) is 0 Å². The summed E-state index contributed by atoms with van der Waals surface area (Å²) in [6, 6.07) is 0. The summed E-state index contributed by atoms with van der Waals surface area (Å²) in [5, 5.41) is 17.1. The normalized spacial score (nSPS) is 29.0. The summed E-state index contributed by atoms with van der Waals surface area (Å²) < 4.78 is 0. The van der Waals surface area contributed by atoms with Gasteiger partial charge in [-0.25, -0.2) is 9.78 Å². The van der Waals surface area contributed by atoms with Gasteiger partial charge in [-0.1, -0.05) is 0 Å². The van der Waals surface area contributed by atoms with Gasteiger partial charge in [0.15, 0.2) is 6.29 Å². The van der Waals surface area contributed by atoms with Crippen LogP contribution in [-0.4, -0.2) is 29.2 Å². The first-order valence-corrected chi connectivity index (χ1v) is 2.95. The van der Waals surface area contributed by atoms with E-state index < -0.39 is 12.4 Å². The Hall–Kier alpha value is -0.160. The summed E-state index contributed by atoms with van der Waals surface area (Å²) in [5.74, 6) is 0. The molecule has 0 amide bonds. The van der Waals surface area contributed by atoms with Crippen LogP contribution in [0.15, 0.2) is 0 Å². The zero-order valence-corrected chi connectivity index (χ0v) is 4.99. The first-order valence-electron chi connectivity index (χ1n) is 2.95. The summed E-state index contributed by atoms with van der Waals surface area (Å²) in [7, 11) is 0. The van der Waals surface area contributed by atoms with Crippen LogP contribution in [0.2, 0.25) is 0 Å². The monoisotopic (exact) mass is 134 g/mol. The van der Waals surface area contributed by atoms with Crippen LogP contribution in [0.3, 0.4) is 0 Å². The molecule has 0 aliphatic carbocycles. The molecular formula is C5H10O4. The molecule has 9 heavy (non-hydrogen) atoms. The maximum atomic E-state index is 8.53. The molecule has 0 aromatic carbocycles. The highest BCUT2D eigenvalue weighted by Gasteiger charge is 2.21. The molecule has 4 heteroatoms. The Morgan fingerprint density at radius 3 is 2.56 bits per heavy atom. The Morgan fingerprint density at radius 2 is 2.22 bits per heavy atom. The topological polar surface area (TPSA) is 58.9 Å². The zero-order valence-electron chi connectivity index (χ0n) is 4.99. The quantitative estimate of drug-likeness (QED) is 0.371. The van der Waals surface area contributed by atoms with Crippen LogP contribution in [0.5, 0.6) is 0 Å². The first-order chi connectivity index (χ1) is 4.30. The van der Waals surface area contributed by atoms with Gasteiger partial charge in [0.2, 0.25) is 0 Å². The number of hydrogen-bond donors (Lipinski definition) is 2. The van der Waals surface area contributed by atoms with Gasteiger partial charge in [-0.05, 0) is 12.8 Å². The second-order valence-corrected chi connectivity index (χ2v) is 2.01. The maximum absolute atomic E-state index is 8.53. The Kier molecular flexibility index (Phi) is 2.41. The van der Waals surface area contributed by atoms with Gasteiger partial charge in [0.25, 0.3) is 0 Å².